The molecule has 4 rings (SSSR count). The minimum Gasteiger partial charge on any atom is -0.347 e. The zero-order chi connectivity index (χ0) is 21.1. The molecule has 9 heteroatoms. The van der Waals surface area contributed by atoms with Crippen LogP contribution in [-0.4, -0.2) is 36.7 Å². The Morgan fingerprint density at radius 2 is 1.87 bits per heavy atom. The lowest BCUT2D eigenvalue weighted by molar-refractivity contribution is 0.0952. The smallest absolute Gasteiger partial charge is 0.252 e. The van der Waals surface area contributed by atoms with Crippen LogP contribution in [0.1, 0.15) is 40.9 Å². The van der Waals surface area contributed by atoms with E-state index in [1.165, 1.54) is 33.8 Å². The maximum atomic E-state index is 13.2. The number of hydrogen-bond donors (Lipinski definition) is 2. The molecule has 2 N–H and O–H groups in total. The van der Waals surface area contributed by atoms with Gasteiger partial charge in [-0.2, -0.15) is 4.31 Å². The maximum Gasteiger partial charge on any atom is 0.252 e. The fourth-order valence-electron chi connectivity index (χ4n) is 3.69. The van der Waals surface area contributed by atoms with Crippen LogP contribution in [0.2, 0.25) is 0 Å². The number of rotatable bonds is 5. The van der Waals surface area contributed by atoms with Crippen LogP contribution in [0.4, 0.5) is 0 Å². The number of nitrogens with zero attached hydrogens (tertiary/aromatic N) is 1. The fraction of sp³-hybridized carbons (Fsp3) is 0.333. The normalized spacial score (nSPS) is 15.7. The predicted octanol–water partition coefficient (Wildman–Crippen LogP) is 3.08. The highest BCUT2D eigenvalue weighted by Crippen LogP contribution is 2.25. The molecule has 7 nitrogen and oxygen atoms in total. The Morgan fingerprint density at radius 3 is 2.57 bits per heavy atom. The topological polar surface area (TPSA) is 99.3 Å². The van der Waals surface area contributed by atoms with Gasteiger partial charge in [-0.25, -0.2) is 8.42 Å². The lowest BCUT2D eigenvalue weighted by atomic mass is 10.1. The Hall–Kier alpha value is -2.49. The standard InChI is InChI=1S/C21H23N3O4S2/c25-20-13-18(21(26)22-14-15-6-5-11-29-15)17-12-16(7-8-19(17)23-20)30(27,28)24-9-3-1-2-4-10-24/h5-8,11-13H,1-4,9-10,14H2,(H,22,26)(H,23,25). The first-order valence-corrected chi connectivity index (χ1v) is 12.2. The van der Waals surface area contributed by atoms with E-state index >= 15 is 0 Å². The number of amides is 1. The van der Waals surface area contributed by atoms with Gasteiger partial charge in [0.2, 0.25) is 15.6 Å². The van der Waals surface area contributed by atoms with E-state index in [1.807, 2.05) is 17.5 Å². The van der Waals surface area contributed by atoms with Crippen LogP contribution in [0.15, 0.2) is 51.5 Å². The molecule has 3 heterocycles. The number of sulfonamides is 1. The van der Waals surface area contributed by atoms with E-state index in [9.17, 15) is 18.0 Å². The summed E-state index contributed by atoms with van der Waals surface area (Å²) >= 11 is 1.52. The Balaban J connectivity index is 1.70. The third kappa shape index (κ3) is 4.33. The van der Waals surface area contributed by atoms with Crippen molar-refractivity contribution in [3.8, 4) is 0 Å². The lowest BCUT2D eigenvalue weighted by Gasteiger charge is -2.20. The number of carbonyl (C=O) groups is 1. The van der Waals surface area contributed by atoms with Gasteiger partial charge < -0.3 is 10.3 Å². The van der Waals surface area contributed by atoms with Crippen LogP contribution in [0, 0.1) is 0 Å². The monoisotopic (exact) mass is 445 g/mol. The molecule has 0 unspecified atom stereocenters. The molecular formula is C21H23N3O4S2. The van der Waals surface area contributed by atoms with Gasteiger partial charge >= 0.3 is 0 Å². The molecular weight excluding hydrogens is 422 g/mol. The van der Waals surface area contributed by atoms with E-state index in [4.69, 9.17) is 0 Å². The van der Waals surface area contributed by atoms with Gasteiger partial charge in [0.15, 0.2) is 0 Å². The number of benzene rings is 1. The lowest BCUT2D eigenvalue weighted by Crippen LogP contribution is -2.32. The van der Waals surface area contributed by atoms with Gasteiger partial charge in [-0.05, 0) is 42.5 Å². The number of thiophene rings is 1. The average molecular weight is 446 g/mol. The third-order valence-corrected chi connectivity index (χ3v) is 8.04. The largest absolute Gasteiger partial charge is 0.347 e. The van der Waals surface area contributed by atoms with E-state index < -0.39 is 21.5 Å². The van der Waals surface area contributed by atoms with Crippen LogP contribution in [-0.2, 0) is 16.6 Å². The molecule has 0 radical (unpaired) electrons. The zero-order valence-corrected chi connectivity index (χ0v) is 18.0. The van der Waals surface area contributed by atoms with Crippen LogP contribution in [0.3, 0.4) is 0 Å². The molecule has 1 aromatic carbocycles. The summed E-state index contributed by atoms with van der Waals surface area (Å²) in [7, 11) is -3.67. The van der Waals surface area contributed by atoms with Crippen LogP contribution in [0.5, 0.6) is 0 Å². The second-order valence-electron chi connectivity index (χ2n) is 7.33. The Bertz CT molecular complexity index is 1210. The van der Waals surface area contributed by atoms with Gasteiger partial charge in [0.25, 0.3) is 5.91 Å². The highest BCUT2D eigenvalue weighted by molar-refractivity contribution is 7.89. The van der Waals surface area contributed by atoms with Gasteiger partial charge in [0, 0.05) is 34.9 Å². The minimum absolute atomic E-state index is 0.135. The summed E-state index contributed by atoms with van der Waals surface area (Å²) < 4.78 is 27.9. The Kier molecular flexibility index (Phi) is 6.03. The summed E-state index contributed by atoms with van der Waals surface area (Å²) in [4.78, 5) is 28.6. The number of hydrogen-bond acceptors (Lipinski definition) is 5. The molecule has 30 heavy (non-hydrogen) atoms. The van der Waals surface area contributed by atoms with E-state index in [2.05, 4.69) is 10.3 Å². The van der Waals surface area contributed by atoms with Gasteiger partial charge in [-0.3, -0.25) is 9.59 Å². The quantitative estimate of drug-likeness (QED) is 0.630. The maximum absolute atomic E-state index is 13.2. The van der Waals surface area contributed by atoms with Crippen LogP contribution < -0.4 is 10.9 Å². The van der Waals surface area contributed by atoms with Crippen molar-refractivity contribution in [2.75, 3.05) is 13.1 Å². The number of pyridine rings is 1. The third-order valence-electron chi connectivity index (χ3n) is 5.27. The van der Waals surface area contributed by atoms with Crippen molar-refractivity contribution in [1.82, 2.24) is 14.6 Å². The first kappa shape index (κ1) is 20.8. The second kappa shape index (κ2) is 8.71. The van der Waals surface area contributed by atoms with Crippen molar-refractivity contribution in [2.24, 2.45) is 0 Å². The summed E-state index contributed by atoms with van der Waals surface area (Å²) in [5, 5.41) is 5.14. The van der Waals surface area contributed by atoms with E-state index in [0.717, 1.165) is 30.6 Å². The molecule has 1 aliphatic rings. The Labute approximate surface area is 178 Å². The molecule has 1 aliphatic heterocycles. The highest BCUT2D eigenvalue weighted by Gasteiger charge is 2.26. The zero-order valence-electron chi connectivity index (χ0n) is 16.4. The summed E-state index contributed by atoms with van der Waals surface area (Å²) in [6, 6.07) is 9.56. The predicted molar refractivity (Wildman–Crippen MR) is 117 cm³/mol. The first-order valence-electron chi connectivity index (χ1n) is 9.93. The van der Waals surface area contributed by atoms with Crippen LogP contribution >= 0.6 is 11.3 Å². The van der Waals surface area contributed by atoms with Gasteiger partial charge in [0.05, 0.1) is 17.0 Å². The molecule has 0 spiro atoms. The summed E-state index contributed by atoms with van der Waals surface area (Å²) in [6.45, 7) is 1.34. The van der Waals surface area contributed by atoms with E-state index in [-0.39, 0.29) is 10.5 Å². The molecule has 1 saturated heterocycles. The van der Waals surface area contributed by atoms with E-state index in [1.54, 1.807) is 6.07 Å². The number of aromatic nitrogens is 1. The minimum atomic E-state index is -3.67. The summed E-state index contributed by atoms with van der Waals surface area (Å²) in [6.07, 6.45) is 3.74. The van der Waals surface area contributed by atoms with Crippen molar-refractivity contribution in [1.29, 1.82) is 0 Å². The molecule has 1 amide bonds. The second-order valence-corrected chi connectivity index (χ2v) is 10.3. The molecule has 3 aromatic rings. The summed E-state index contributed by atoms with van der Waals surface area (Å²) in [5.74, 6) is -0.413. The SMILES string of the molecule is O=C(NCc1cccs1)c1cc(=O)[nH]c2ccc(S(=O)(=O)N3CCCCCC3)cc12. The molecule has 0 aliphatic carbocycles. The molecule has 0 saturated carbocycles. The highest BCUT2D eigenvalue weighted by atomic mass is 32.2. The van der Waals surface area contributed by atoms with Gasteiger partial charge in [-0.15, -0.1) is 11.3 Å². The number of fused-ring (bicyclic) bond motifs is 1. The van der Waals surface area contributed by atoms with Crippen molar-refractivity contribution in [3.63, 3.8) is 0 Å². The fourth-order valence-corrected chi connectivity index (χ4v) is 5.88. The summed E-state index contributed by atoms with van der Waals surface area (Å²) in [5.41, 5.74) is 0.184. The van der Waals surface area contributed by atoms with Gasteiger partial charge in [-0.1, -0.05) is 18.9 Å². The van der Waals surface area contributed by atoms with E-state index in [0.29, 0.717) is 30.5 Å². The van der Waals surface area contributed by atoms with Gasteiger partial charge in [0.1, 0.15) is 0 Å². The molecule has 0 atom stereocenters. The van der Waals surface area contributed by atoms with Crippen molar-refractivity contribution in [3.05, 3.63) is 62.6 Å². The first-order chi connectivity index (χ1) is 14.4. The molecule has 1 fully saturated rings. The number of nitrogens with one attached hydrogen (secondary N) is 2. The van der Waals surface area contributed by atoms with Crippen molar-refractivity contribution >= 4 is 38.2 Å². The number of H-pyrrole nitrogens is 1. The Morgan fingerprint density at radius 1 is 1.10 bits per heavy atom. The van der Waals surface area contributed by atoms with Crippen LogP contribution in [0.25, 0.3) is 10.9 Å². The number of aromatic amines is 1. The molecule has 0 bridgehead atoms. The average Bonchev–Trinajstić information content (AvgIpc) is 3.10. The van der Waals surface area contributed by atoms with Crippen molar-refractivity contribution in [2.45, 2.75) is 37.1 Å². The molecule has 2 aromatic heterocycles. The van der Waals surface area contributed by atoms with Crippen molar-refractivity contribution < 1.29 is 13.2 Å². The molecule has 158 valence electrons. The number of carbonyl (C=O) groups excluding carboxylic acids is 1.